The van der Waals surface area contributed by atoms with Crippen LogP contribution in [0.3, 0.4) is 0 Å². The first kappa shape index (κ1) is 19.0. The third-order valence-corrected chi connectivity index (χ3v) is 6.49. The van der Waals surface area contributed by atoms with Gasteiger partial charge in [0.05, 0.1) is 5.54 Å². The fourth-order valence-electron chi connectivity index (χ4n) is 3.24. The number of amides is 1. The normalized spacial score (nSPS) is 18.6. The van der Waals surface area contributed by atoms with Crippen molar-refractivity contribution in [3.63, 3.8) is 0 Å². The van der Waals surface area contributed by atoms with Crippen LogP contribution >= 0.6 is 0 Å². The Balaban J connectivity index is 2.10. The first-order valence-corrected chi connectivity index (χ1v) is 12.2. The first-order chi connectivity index (χ1) is 10.8. The summed E-state index contributed by atoms with van der Waals surface area (Å²) in [4.78, 5) is 14.0. The van der Waals surface area contributed by atoms with E-state index in [1.54, 1.807) is 4.90 Å². The van der Waals surface area contributed by atoms with E-state index in [0.717, 1.165) is 12.8 Å². The quantitative estimate of drug-likeness (QED) is 0.768. The SMILES string of the molecule is Cc1c([Si-](C)(C)C)nnn1C1(C)CCN(C(=O)OC(C)(C)C)CC1. The molecule has 0 radical (unpaired) electrons. The van der Waals surface area contributed by atoms with Gasteiger partial charge < -0.3 is 9.64 Å². The average Bonchev–Trinajstić information content (AvgIpc) is 2.80. The highest BCUT2D eigenvalue weighted by Crippen LogP contribution is 2.30. The van der Waals surface area contributed by atoms with Crippen LogP contribution in [0.2, 0.25) is 19.6 Å². The van der Waals surface area contributed by atoms with Crippen molar-refractivity contribution in [1.29, 1.82) is 0 Å². The lowest BCUT2D eigenvalue weighted by atomic mass is 9.89. The van der Waals surface area contributed by atoms with E-state index >= 15 is 0 Å². The van der Waals surface area contributed by atoms with Gasteiger partial charge in [0, 0.05) is 18.8 Å². The number of hydrogen-bond acceptors (Lipinski definition) is 4. The molecule has 1 fully saturated rings. The Kier molecular flexibility index (Phi) is 4.87. The van der Waals surface area contributed by atoms with Gasteiger partial charge >= 0.3 is 6.09 Å². The van der Waals surface area contributed by atoms with E-state index in [0.29, 0.717) is 13.1 Å². The molecule has 0 spiro atoms. The van der Waals surface area contributed by atoms with Crippen LogP contribution in [0.25, 0.3) is 0 Å². The molecule has 0 bridgehead atoms. The van der Waals surface area contributed by atoms with Crippen LogP contribution in [-0.2, 0) is 10.3 Å². The molecule has 0 unspecified atom stereocenters. The van der Waals surface area contributed by atoms with E-state index in [1.165, 1.54) is 11.0 Å². The predicted molar refractivity (Wildman–Crippen MR) is 98.4 cm³/mol. The molecule has 6 nitrogen and oxygen atoms in total. The maximum Gasteiger partial charge on any atom is 0.410 e. The molecule has 1 aliphatic heterocycles. The fourth-order valence-corrected chi connectivity index (χ4v) is 4.78. The van der Waals surface area contributed by atoms with Crippen LogP contribution < -0.4 is 5.32 Å². The molecule has 0 aliphatic carbocycles. The van der Waals surface area contributed by atoms with Crippen molar-refractivity contribution in [3.05, 3.63) is 5.69 Å². The van der Waals surface area contributed by atoms with Gasteiger partial charge in [-0.15, -0.1) is 0 Å². The largest absolute Gasteiger partial charge is 0.444 e. The third-order valence-electron chi connectivity index (χ3n) is 4.61. The van der Waals surface area contributed by atoms with Crippen LogP contribution in [0.1, 0.15) is 46.2 Å². The molecule has 1 aromatic rings. The summed E-state index contributed by atoms with van der Waals surface area (Å²) in [6, 6.07) is 0. The van der Waals surface area contributed by atoms with Crippen LogP contribution in [0, 0.1) is 6.92 Å². The molecule has 0 atom stereocenters. The summed E-state index contributed by atoms with van der Waals surface area (Å²) in [5.74, 6) is 0. The van der Waals surface area contributed by atoms with Crippen LogP contribution in [0.5, 0.6) is 0 Å². The van der Waals surface area contributed by atoms with E-state index in [2.05, 4.69) is 48.5 Å². The van der Waals surface area contributed by atoms with E-state index in [9.17, 15) is 4.79 Å². The number of nitrogens with zero attached hydrogens (tertiary/aromatic N) is 4. The molecule has 0 saturated carbocycles. The van der Waals surface area contributed by atoms with Crippen molar-refractivity contribution in [2.45, 2.75) is 78.2 Å². The molecule has 1 aliphatic rings. The van der Waals surface area contributed by atoms with Gasteiger partial charge in [0.2, 0.25) is 0 Å². The van der Waals surface area contributed by atoms with Gasteiger partial charge in [-0.2, -0.15) is 24.7 Å². The molecule has 1 aromatic heterocycles. The smallest absolute Gasteiger partial charge is 0.410 e. The van der Waals surface area contributed by atoms with Crippen molar-refractivity contribution in [2.24, 2.45) is 0 Å². The van der Waals surface area contributed by atoms with E-state index in [1.807, 2.05) is 20.8 Å². The van der Waals surface area contributed by atoms with Gasteiger partial charge in [0.25, 0.3) is 0 Å². The van der Waals surface area contributed by atoms with Crippen molar-refractivity contribution in [2.75, 3.05) is 13.1 Å². The summed E-state index contributed by atoms with van der Waals surface area (Å²) in [7, 11) is -1.49. The molecule has 2 heterocycles. The first-order valence-electron chi connectivity index (χ1n) is 8.75. The van der Waals surface area contributed by atoms with Gasteiger partial charge in [-0.25, -0.2) is 9.48 Å². The lowest BCUT2D eigenvalue weighted by Crippen LogP contribution is -2.49. The van der Waals surface area contributed by atoms with Crippen LogP contribution in [0.15, 0.2) is 0 Å². The Morgan fingerprint density at radius 3 is 2.17 bits per heavy atom. The molecule has 0 N–H and O–H groups in total. The number of hydrogen-bond donors (Lipinski definition) is 0. The molecule has 137 valence electrons. The number of rotatable bonds is 2. The molecular formula is C17H32N4O2Si-. The van der Waals surface area contributed by atoms with Crippen molar-refractivity contribution >= 4 is 19.5 Å². The minimum absolute atomic E-state index is 0.0898. The maximum absolute atomic E-state index is 12.2. The Bertz CT molecular complexity index is 605. The highest BCUT2D eigenvalue weighted by atomic mass is 28.3. The topological polar surface area (TPSA) is 60.2 Å². The highest BCUT2D eigenvalue weighted by molar-refractivity contribution is 6.88. The second-order valence-corrected chi connectivity index (χ2v) is 14.1. The Morgan fingerprint density at radius 2 is 1.75 bits per heavy atom. The van der Waals surface area contributed by atoms with Crippen molar-refractivity contribution in [1.82, 2.24) is 19.9 Å². The second-order valence-electron chi connectivity index (χ2n) is 9.15. The van der Waals surface area contributed by atoms with Crippen LogP contribution in [0.4, 0.5) is 4.79 Å². The summed E-state index contributed by atoms with van der Waals surface area (Å²) in [5.41, 5.74) is 0.641. The zero-order chi connectivity index (χ0) is 18.3. The summed E-state index contributed by atoms with van der Waals surface area (Å²) in [6.45, 7) is 18.3. The number of ether oxygens (including phenoxy) is 1. The monoisotopic (exact) mass is 352 g/mol. The van der Waals surface area contributed by atoms with Gasteiger partial charge in [0.1, 0.15) is 5.60 Å². The van der Waals surface area contributed by atoms with E-state index in [4.69, 9.17) is 4.74 Å². The van der Waals surface area contributed by atoms with Crippen LogP contribution in [-0.4, -0.2) is 52.8 Å². The number of carbonyl (C=O) groups is 1. The number of likely N-dealkylation sites (tertiary alicyclic amines) is 1. The minimum Gasteiger partial charge on any atom is -0.444 e. The summed E-state index contributed by atoms with van der Waals surface area (Å²) >= 11 is 0. The fraction of sp³-hybridized carbons (Fsp3) is 0.824. The standard InChI is InChI=1S/C17H32N4O2Si/c1-13-14(24(6,7)8)18-19-21(13)17(5)9-11-20(12-10-17)15(22)23-16(2,3)4/h9-12H2,1-8H3/q-1. The molecule has 7 heteroatoms. The second kappa shape index (κ2) is 6.17. The van der Waals surface area contributed by atoms with Gasteiger partial charge in [-0.05, 0) is 47.5 Å². The maximum atomic E-state index is 12.2. The zero-order valence-corrected chi connectivity index (χ0v) is 17.4. The third kappa shape index (κ3) is 3.99. The summed E-state index contributed by atoms with van der Waals surface area (Å²) < 4.78 is 7.57. The Hall–Kier alpha value is -1.37. The Labute approximate surface area is 146 Å². The minimum atomic E-state index is -1.49. The lowest BCUT2D eigenvalue weighted by molar-refractivity contribution is 0.0117. The zero-order valence-electron chi connectivity index (χ0n) is 16.4. The summed E-state index contributed by atoms with van der Waals surface area (Å²) in [5, 5.41) is 10.1. The average molecular weight is 353 g/mol. The predicted octanol–water partition coefficient (Wildman–Crippen LogP) is 2.88. The summed E-state index contributed by atoms with van der Waals surface area (Å²) in [6.07, 6.45) is 1.51. The molecule has 1 amide bonds. The van der Waals surface area contributed by atoms with Crippen molar-refractivity contribution in [3.8, 4) is 0 Å². The molecule has 24 heavy (non-hydrogen) atoms. The molecule has 0 aromatic carbocycles. The molecule has 1 saturated heterocycles. The van der Waals surface area contributed by atoms with Gasteiger partial charge in [-0.1, -0.05) is 18.6 Å². The van der Waals surface area contributed by atoms with Crippen molar-refractivity contribution < 1.29 is 9.53 Å². The van der Waals surface area contributed by atoms with E-state index < -0.39 is 13.7 Å². The molecule has 2 rings (SSSR count). The van der Waals surface area contributed by atoms with E-state index in [-0.39, 0.29) is 11.6 Å². The number of carbonyl (C=O) groups excluding carboxylic acids is 1. The highest BCUT2D eigenvalue weighted by Gasteiger charge is 2.37. The Morgan fingerprint density at radius 1 is 1.21 bits per heavy atom. The molecular weight excluding hydrogens is 320 g/mol. The van der Waals surface area contributed by atoms with Gasteiger partial charge in [0.15, 0.2) is 0 Å². The van der Waals surface area contributed by atoms with Gasteiger partial charge in [-0.3, -0.25) is 0 Å². The number of aromatic nitrogens is 3. The number of piperidine rings is 1. The lowest BCUT2D eigenvalue weighted by Gasteiger charge is -2.40.